The third kappa shape index (κ3) is 3.09. The summed E-state index contributed by atoms with van der Waals surface area (Å²) in [6, 6.07) is 3.68. The number of imidazole rings is 1. The maximum absolute atomic E-state index is 12.1. The van der Waals surface area contributed by atoms with E-state index >= 15 is 0 Å². The zero-order valence-electron chi connectivity index (χ0n) is 10.4. The minimum absolute atomic E-state index is 0.00101. The highest BCUT2D eigenvalue weighted by atomic mass is 32.2. The first-order valence-electron chi connectivity index (χ1n) is 5.66. The van der Waals surface area contributed by atoms with Crippen molar-refractivity contribution in [3.8, 4) is 0 Å². The van der Waals surface area contributed by atoms with Crippen LogP contribution in [0, 0.1) is 0 Å². The van der Waals surface area contributed by atoms with E-state index in [9.17, 15) is 8.42 Å². The van der Waals surface area contributed by atoms with Crippen molar-refractivity contribution in [2.45, 2.75) is 11.4 Å². The summed E-state index contributed by atoms with van der Waals surface area (Å²) >= 11 is 0. The molecule has 0 saturated carbocycles. The topological polar surface area (TPSA) is 103 Å². The summed E-state index contributed by atoms with van der Waals surface area (Å²) < 4.78 is 28.0. The predicted molar refractivity (Wildman–Crippen MR) is 70.7 cm³/mol. The van der Waals surface area contributed by atoms with Crippen molar-refractivity contribution in [2.24, 2.45) is 7.05 Å². The Morgan fingerprint density at radius 1 is 1.37 bits per heavy atom. The molecule has 0 spiro atoms. The molecule has 0 aromatic carbocycles. The highest BCUT2D eigenvalue weighted by Crippen LogP contribution is 2.14. The number of anilines is 1. The number of aromatic nitrogens is 3. The molecule has 0 radical (unpaired) electrons. The zero-order chi connectivity index (χ0) is 13.9. The molecule has 0 amide bonds. The summed E-state index contributed by atoms with van der Waals surface area (Å²) in [6.45, 7) is 0.289. The molecule has 0 aliphatic carbocycles. The predicted octanol–water partition coefficient (Wildman–Crippen LogP) is -0.0817. The van der Waals surface area contributed by atoms with Crippen molar-refractivity contribution >= 4 is 15.8 Å². The van der Waals surface area contributed by atoms with E-state index in [0.29, 0.717) is 6.42 Å². The summed E-state index contributed by atoms with van der Waals surface area (Å²) in [7, 11) is -2.05. The van der Waals surface area contributed by atoms with Crippen molar-refractivity contribution in [3.63, 3.8) is 0 Å². The van der Waals surface area contributed by atoms with Crippen LogP contribution < -0.4 is 10.5 Å². The van der Waals surface area contributed by atoms with Crippen LogP contribution in [0.5, 0.6) is 0 Å². The molecule has 7 nitrogen and oxygen atoms in total. The van der Waals surface area contributed by atoms with Gasteiger partial charge in [0.05, 0.1) is 6.33 Å². The van der Waals surface area contributed by atoms with Crippen molar-refractivity contribution < 1.29 is 8.42 Å². The maximum atomic E-state index is 12.1. The van der Waals surface area contributed by atoms with E-state index in [-0.39, 0.29) is 17.4 Å². The van der Waals surface area contributed by atoms with Gasteiger partial charge in [-0.05, 0) is 24.1 Å². The van der Waals surface area contributed by atoms with Gasteiger partial charge in [-0.2, -0.15) is 0 Å². The highest BCUT2D eigenvalue weighted by molar-refractivity contribution is 7.89. The molecule has 8 heteroatoms. The molecular weight excluding hydrogens is 266 g/mol. The molecule has 2 heterocycles. The van der Waals surface area contributed by atoms with Crippen LogP contribution in [-0.4, -0.2) is 29.5 Å². The number of aryl methyl sites for hydroxylation is 1. The van der Waals surface area contributed by atoms with E-state index in [1.807, 2.05) is 12.1 Å². The van der Waals surface area contributed by atoms with Crippen LogP contribution in [0.3, 0.4) is 0 Å². The van der Waals surface area contributed by atoms with Gasteiger partial charge in [0.1, 0.15) is 0 Å². The summed E-state index contributed by atoms with van der Waals surface area (Å²) in [4.78, 5) is 7.66. The number of pyridine rings is 1. The van der Waals surface area contributed by atoms with Crippen LogP contribution in [0.2, 0.25) is 0 Å². The Bertz CT molecular complexity index is 631. The van der Waals surface area contributed by atoms with E-state index in [1.54, 1.807) is 19.4 Å². The number of hydrogen-bond acceptors (Lipinski definition) is 5. The third-order valence-electron chi connectivity index (χ3n) is 2.62. The Balaban J connectivity index is 2.03. The summed E-state index contributed by atoms with van der Waals surface area (Å²) in [5.41, 5.74) is 6.56. The van der Waals surface area contributed by atoms with Crippen molar-refractivity contribution in [1.82, 2.24) is 19.3 Å². The Hall–Kier alpha value is -1.93. The van der Waals surface area contributed by atoms with Gasteiger partial charge in [0, 0.05) is 26.0 Å². The van der Waals surface area contributed by atoms with Crippen LogP contribution in [0.25, 0.3) is 0 Å². The van der Waals surface area contributed by atoms with Gasteiger partial charge in [-0.3, -0.25) is 4.98 Å². The Kier molecular flexibility index (Phi) is 3.82. The first kappa shape index (κ1) is 13.5. The van der Waals surface area contributed by atoms with Gasteiger partial charge in [0.2, 0.25) is 0 Å². The molecule has 0 unspecified atom stereocenters. The molecule has 19 heavy (non-hydrogen) atoms. The molecule has 3 N–H and O–H groups in total. The number of hydrogen-bond donors (Lipinski definition) is 2. The molecule has 0 aliphatic heterocycles. The largest absolute Gasteiger partial charge is 0.381 e. The summed E-state index contributed by atoms with van der Waals surface area (Å²) in [6.07, 6.45) is 5.29. The van der Waals surface area contributed by atoms with Gasteiger partial charge < -0.3 is 10.3 Å². The number of nitrogens with zero attached hydrogens (tertiary/aromatic N) is 3. The lowest BCUT2D eigenvalue weighted by Crippen LogP contribution is -2.28. The molecule has 102 valence electrons. The minimum atomic E-state index is -3.64. The second-order valence-corrected chi connectivity index (χ2v) is 5.73. The van der Waals surface area contributed by atoms with Gasteiger partial charge in [0.25, 0.3) is 10.0 Å². The second kappa shape index (κ2) is 5.37. The molecule has 0 saturated heterocycles. The van der Waals surface area contributed by atoms with Crippen molar-refractivity contribution in [3.05, 3.63) is 36.4 Å². The smallest absolute Gasteiger partial charge is 0.260 e. The lowest BCUT2D eigenvalue weighted by molar-refractivity contribution is 0.572. The van der Waals surface area contributed by atoms with E-state index in [2.05, 4.69) is 14.7 Å². The van der Waals surface area contributed by atoms with E-state index in [0.717, 1.165) is 5.56 Å². The van der Waals surface area contributed by atoms with Gasteiger partial charge in [0.15, 0.2) is 10.8 Å². The lowest BCUT2D eigenvalue weighted by atomic mass is 10.2. The van der Waals surface area contributed by atoms with Gasteiger partial charge >= 0.3 is 0 Å². The fourth-order valence-corrected chi connectivity index (χ4v) is 2.97. The Labute approximate surface area is 111 Å². The first-order chi connectivity index (χ1) is 9.00. The normalized spacial score (nSPS) is 11.6. The molecule has 0 atom stereocenters. The number of sulfonamides is 1. The molecule has 2 rings (SSSR count). The lowest BCUT2D eigenvalue weighted by Gasteiger charge is -2.07. The highest BCUT2D eigenvalue weighted by Gasteiger charge is 2.21. The van der Waals surface area contributed by atoms with E-state index < -0.39 is 10.0 Å². The van der Waals surface area contributed by atoms with E-state index in [4.69, 9.17) is 5.73 Å². The molecule has 0 aliphatic rings. The number of rotatable bonds is 5. The minimum Gasteiger partial charge on any atom is -0.381 e. The van der Waals surface area contributed by atoms with Gasteiger partial charge in [-0.1, -0.05) is 0 Å². The monoisotopic (exact) mass is 281 g/mol. The molecular formula is C11H15N5O2S. The summed E-state index contributed by atoms with van der Waals surface area (Å²) in [5, 5.41) is -0.0118. The molecule has 2 aromatic heterocycles. The van der Waals surface area contributed by atoms with Crippen LogP contribution in [0.1, 0.15) is 5.56 Å². The first-order valence-corrected chi connectivity index (χ1v) is 7.14. The van der Waals surface area contributed by atoms with Crippen molar-refractivity contribution in [2.75, 3.05) is 12.3 Å². The van der Waals surface area contributed by atoms with Crippen LogP contribution in [0.4, 0.5) is 5.82 Å². The Morgan fingerprint density at radius 3 is 2.63 bits per heavy atom. The maximum Gasteiger partial charge on any atom is 0.260 e. The van der Waals surface area contributed by atoms with Gasteiger partial charge in [-0.15, -0.1) is 0 Å². The molecule has 2 aromatic rings. The average Bonchev–Trinajstić information content (AvgIpc) is 2.70. The number of nitrogens with two attached hydrogens (primary N) is 1. The summed E-state index contributed by atoms with van der Waals surface area (Å²) in [5.74, 6) is -0.00101. The fraction of sp³-hybridized carbons (Fsp3) is 0.273. The average molecular weight is 281 g/mol. The SMILES string of the molecule is Cn1cnc(N)c1S(=O)(=O)NCCc1ccncc1. The van der Waals surface area contributed by atoms with Crippen LogP contribution >= 0.6 is 0 Å². The molecule has 0 bridgehead atoms. The third-order valence-corrected chi connectivity index (χ3v) is 4.21. The zero-order valence-corrected chi connectivity index (χ0v) is 11.3. The quantitative estimate of drug-likeness (QED) is 0.798. The molecule has 0 fully saturated rings. The van der Waals surface area contributed by atoms with Crippen LogP contribution in [0.15, 0.2) is 35.9 Å². The van der Waals surface area contributed by atoms with Crippen LogP contribution in [-0.2, 0) is 23.5 Å². The Morgan fingerprint density at radius 2 is 2.05 bits per heavy atom. The van der Waals surface area contributed by atoms with E-state index in [1.165, 1.54) is 10.9 Å². The standard InChI is InChI=1S/C11H15N5O2S/c1-16-8-14-10(12)11(16)19(17,18)15-7-4-9-2-5-13-6-3-9/h2-3,5-6,8,15H,4,7,12H2,1H3. The number of nitrogen functional groups attached to an aromatic ring is 1. The number of nitrogens with one attached hydrogen (secondary N) is 1. The fourth-order valence-electron chi connectivity index (χ4n) is 1.71. The van der Waals surface area contributed by atoms with Gasteiger partial charge in [-0.25, -0.2) is 18.1 Å². The second-order valence-electron chi connectivity index (χ2n) is 4.05. The van der Waals surface area contributed by atoms with Crippen molar-refractivity contribution in [1.29, 1.82) is 0 Å².